The van der Waals surface area contributed by atoms with Crippen LogP contribution in [0, 0.1) is 0 Å². The number of carbonyl (C=O) groups is 1. The Bertz CT molecular complexity index is 674. The lowest BCUT2D eigenvalue weighted by Gasteiger charge is -1.98. The summed E-state index contributed by atoms with van der Waals surface area (Å²) in [5, 5.41) is 4.96. The summed E-state index contributed by atoms with van der Waals surface area (Å²) in [7, 11) is -3.77. The second-order valence-electron chi connectivity index (χ2n) is 3.17. The standard InChI is InChI=1S/C8H8N4O3S/c9-8(13)6-4-12-3-5(16(10,14)15)1-2-7(12)11-6/h1-4H,(H2,9,13)(H2,10,14,15). The van der Waals surface area contributed by atoms with Gasteiger partial charge in [-0.1, -0.05) is 0 Å². The molecule has 0 atom stereocenters. The van der Waals surface area contributed by atoms with Crippen LogP contribution in [0.1, 0.15) is 10.5 Å². The van der Waals surface area contributed by atoms with Crippen LogP contribution in [-0.4, -0.2) is 23.7 Å². The Labute approximate surface area is 90.7 Å². The first-order valence-corrected chi connectivity index (χ1v) is 5.74. The number of imidazole rings is 1. The van der Waals surface area contributed by atoms with E-state index in [-0.39, 0.29) is 10.6 Å². The summed E-state index contributed by atoms with van der Waals surface area (Å²) < 4.78 is 23.5. The van der Waals surface area contributed by atoms with Gasteiger partial charge in [-0.2, -0.15) is 0 Å². The fraction of sp³-hybridized carbons (Fsp3) is 0. The minimum Gasteiger partial charge on any atom is -0.364 e. The van der Waals surface area contributed by atoms with Crippen molar-refractivity contribution < 1.29 is 13.2 Å². The largest absolute Gasteiger partial charge is 0.364 e. The molecule has 0 aliphatic carbocycles. The van der Waals surface area contributed by atoms with Crippen LogP contribution >= 0.6 is 0 Å². The van der Waals surface area contributed by atoms with Gasteiger partial charge in [-0.15, -0.1) is 0 Å². The number of rotatable bonds is 2. The van der Waals surface area contributed by atoms with E-state index in [9.17, 15) is 13.2 Å². The maximum absolute atomic E-state index is 11.1. The Morgan fingerprint density at radius 2 is 2.00 bits per heavy atom. The number of primary amides is 1. The van der Waals surface area contributed by atoms with Crippen LogP contribution in [0.25, 0.3) is 5.65 Å². The summed E-state index contributed by atoms with van der Waals surface area (Å²) >= 11 is 0. The van der Waals surface area contributed by atoms with Crippen molar-refractivity contribution in [1.29, 1.82) is 0 Å². The molecule has 0 fully saturated rings. The summed E-state index contributed by atoms with van der Waals surface area (Å²) in [4.78, 5) is 14.7. The SMILES string of the molecule is NC(=O)c1cn2cc(S(N)(=O)=O)ccc2n1. The molecule has 1 amide bonds. The predicted molar refractivity (Wildman–Crippen MR) is 55.1 cm³/mol. The third-order valence-corrected chi connectivity index (χ3v) is 2.90. The molecule has 0 radical (unpaired) electrons. The van der Waals surface area contributed by atoms with Gasteiger partial charge in [0.1, 0.15) is 11.3 Å². The highest BCUT2D eigenvalue weighted by molar-refractivity contribution is 7.89. The fourth-order valence-corrected chi connectivity index (χ4v) is 1.78. The number of hydrogen-bond acceptors (Lipinski definition) is 4. The predicted octanol–water partition coefficient (Wildman–Crippen LogP) is -0.919. The molecule has 0 saturated carbocycles. The van der Waals surface area contributed by atoms with E-state index in [2.05, 4.69) is 4.98 Å². The lowest BCUT2D eigenvalue weighted by atomic mass is 10.5. The number of carbonyl (C=O) groups excluding carboxylic acids is 1. The minimum atomic E-state index is -3.77. The molecule has 2 rings (SSSR count). The van der Waals surface area contributed by atoms with Crippen molar-refractivity contribution >= 4 is 21.6 Å². The monoisotopic (exact) mass is 240 g/mol. The van der Waals surface area contributed by atoms with E-state index < -0.39 is 15.9 Å². The zero-order valence-corrected chi connectivity index (χ0v) is 8.81. The zero-order valence-electron chi connectivity index (χ0n) is 7.99. The highest BCUT2D eigenvalue weighted by atomic mass is 32.2. The van der Waals surface area contributed by atoms with Crippen molar-refractivity contribution in [3.63, 3.8) is 0 Å². The van der Waals surface area contributed by atoms with E-state index in [0.29, 0.717) is 5.65 Å². The number of nitrogens with two attached hydrogens (primary N) is 2. The molecular formula is C8H8N4O3S. The number of pyridine rings is 1. The molecule has 4 N–H and O–H groups in total. The quantitative estimate of drug-likeness (QED) is 0.705. The highest BCUT2D eigenvalue weighted by Gasteiger charge is 2.11. The molecule has 0 aromatic carbocycles. The van der Waals surface area contributed by atoms with Crippen molar-refractivity contribution in [3.05, 3.63) is 30.2 Å². The van der Waals surface area contributed by atoms with E-state index in [1.165, 1.54) is 28.9 Å². The van der Waals surface area contributed by atoms with Gasteiger partial charge in [0.25, 0.3) is 5.91 Å². The Morgan fingerprint density at radius 3 is 2.56 bits per heavy atom. The fourth-order valence-electron chi connectivity index (χ4n) is 1.26. The Balaban J connectivity index is 2.67. The van der Waals surface area contributed by atoms with Gasteiger partial charge < -0.3 is 10.1 Å². The number of primary sulfonamides is 1. The Hall–Kier alpha value is -1.93. The lowest BCUT2D eigenvalue weighted by Crippen LogP contribution is -2.12. The number of nitrogens with zero attached hydrogens (tertiary/aromatic N) is 2. The summed E-state index contributed by atoms with van der Waals surface area (Å²) in [5.41, 5.74) is 5.52. The van der Waals surface area contributed by atoms with Gasteiger partial charge in [0.2, 0.25) is 10.0 Å². The van der Waals surface area contributed by atoms with Gasteiger partial charge in [-0.25, -0.2) is 18.5 Å². The average Bonchev–Trinajstić information content (AvgIpc) is 2.58. The molecule has 7 nitrogen and oxygen atoms in total. The van der Waals surface area contributed by atoms with Crippen LogP contribution in [0.15, 0.2) is 29.4 Å². The molecule has 2 heterocycles. The minimum absolute atomic E-state index is 0.0616. The first-order valence-electron chi connectivity index (χ1n) is 4.19. The van der Waals surface area contributed by atoms with Gasteiger partial charge in [0.05, 0.1) is 4.90 Å². The molecule has 8 heteroatoms. The van der Waals surface area contributed by atoms with Crippen molar-refractivity contribution in [2.24, 2.45) is 10.9 Å². The van der Waals surface area contributed by atoms with E-state index >= 15 is 0 Å². The molecular weight excluding hydrogens is 232 g/mol. The van der Waals surface area contributed by atoms with Crippen LogP contribution in [0.2, 0.25) is 0 Å². The van der Waals surface area contributed by atoms with Crippen LogP contribution in [0.3, 0.4) is 0 Å². The number of sulfonamides is 1. The van der Waals surface area contributed by atoms with Gasteiger partial charge in [-0.05, 0) is 12.1 Å². The van der Waals surface area contributed by atoms with Gasteiger partial charge >= 0.3 is 0 Å². The molecule has 2 aromatic rings. The number of amides is 1. The molecule has 84 valence electrons. The highest BCUT2D eigenvalue weighted by Crippen LogP contribution is 2.10. The first kappa shape index (κ1) is 10.6. The first-order chi connectivity index (χ1) is 7.38. The third-order valence-electron chi connectivity index (χ3n) is 2.00. The third kappa shape index (κ3) is 1.75. The van der Waals surface area contributed by atoms with E-state index in [0.717, 1.165) is 0 Å². The van der Waals surface area contributed by atoms with Gasteiger partial charge in [-0.3, -0.25) is 4.79 Å². The summed E-state index contributed by atoms with van der Waals surface area (Å²) in [6, 6.07) is 2.74. The maximum Gasteiger partial charge on any atom is 0.268 e. The average molecular weight is 240 g/mol. The molecule has 2 aromatic heterocycles. The van der Waals surface area contributed by atoms with Gasteiger partial charge in [0.15, 0.2) is 0 Å². The Kier molecular flexibility index (Phi) is 2.17. The molecule has 0 aliphatic rings. The van der Waals surface area contributed by atoms with Gasteiger partial charge in [0, 0.05) is 12.4 Å². The lowest BCUT2D eigenvalue weighted by molar-refractivity contribution is 0.0996. The van der Waals surface area contributed by atoms with Crippen LogP contribution in [-0.2, 0) is 10.0 Å². The second-order valence-corrected chi connectivity index (χ2v) is 4.73. The number of aromatic nitrogens is 2. The van der Waals surface area contributed by atoms with Crippen LogP contribution < -0.4 is 10.9 Å². The molecule has 16 heavy (non-hydrogen) atoms. The summed E-state index contributed by atoms with van der Waals surface area (Å²) in [6.45, 7) is 0. The molecule has 0 saturated heterocycles. The smallest absolute Gasteiger partial charge is 0.268 e. The van der Waals surface area contributed by atoms with E-state index in [1.54, 1.807) is 0 Å². The van der Waals surface area contributed by atoms with Crippen molar-refractivity contribution in [3.8, 4) is 0 Å². The maximum atomic E-state index is 11.1. The molecule has 0 aliphatic heterocycles. The summed E-state index contributed by atoms with van der Waals surface area (Å²) in [5.74, 6) is -0.680. The normalized spacial score (nSPS) is 11.8. The van der Waals surface area contributed by atoms with Crippen LogP contribution in [0.5, 0.6) is 0 Å². The van der Waals surface area contributed by atoms with Crippen molar-refractivity contribution in [1.82, 2.24) is 9.38 Å². The van der Waals surface area contributed by atoms with Crippen molar-refractivity contribution in [2.75, 3.05) is 0 Å². The second kappa shape index (κ2) is 3.29. The number of hydrogen-bond donors (Lipinski definition) is 2. The van der Waals surface area contributed by atoms with E-state index in [1.807, 2.05) is 0 Å². The number of fused-ring (bicyclic) bond motifs is 1. The van der Waals surface area contributed by atoms with Crippen molar-refractivity contribution in [2.45, 2.75) is 4.90 Å². The van der Waals surface area contributed by atoms with E-state index in [4.69, 9.17) is 10.9 Å². The summed E-state index contributed by atoms with van der Waals surface area (Å²) in [6.07, 6.45) is 2.61. The molecule has 0 spiro atoms. The van der Waals surface area contributed by atoms with Crippen LogP contribution in [0.4, 0.5) is 0 Å². The molecule has 0 unspecified atom stereocenters. The topological polar surface area (TPSA) is 121 Å². The molecule has 0 bridgehead atoms. The zero-order chi connectivity index (χ0) is 11.9. The Morgan fingerprint density at radius 1 is 1.31 bits per heavy atom.